The lowest BCUT2D eigenvalue weighted by Gasteiger charge is -2.23. The van der Waals surface area contributed by atoms with Crippen molar-refractivity contribution in [2.45, 2.75) is 39.0 Å². The van der Waals surface area contributed by atoms with Gasteiger partial charge in [-0.1, -0.05) is 44.1 Å². The number of nitrogens with zero attached hydrogens (tertiary/aromatic N) is 1. The standard InChI is InChI=1S/C17H21N/c1-14-5-7-15(8-6-14)3-2-4-16-9-11-17(13-18)12-10-16/h2-3,9-12,14-15H,4-8H2,1H3/b3-2+. The molecule has 1 heteroatoms. The Morgan fingerprint density at radius 3 is 2.44 bits per heavy atom. The average Bonchev–Trinajstić information content (AvgIpc) is 2.42. The number of benzene rings is 1. The van der Waals surface area contributed by atoms with Crippen LogP contribution in [0.15, 0.2) is 36.4 Å². The lowest BCUT2D eigenvalue weighted by Crippen LogP contribution is -2.10. The summed E-state index contributed by atoms with van der Waals surface area (Å²) in [5.41, 5.74) is 2.03. The maximum Gasteiger partial charge on any atom is 0.0991 e. The number of nitriles is 1. The summed E-state index contributed by atoms with van der Waals surface area (Å²) in [6.07, 6.45) is 11.1. The fourth-order valence-electron chi connectivity index (χ4n) is 2.59. The summed E-state index contributed by atoms with van der Waals surface area (Å²) in [6.45, 7) is 2.36. The average molecular weight is 239 g/mol. The van der Waals surface area contributed by atoms with Gasteiger partial charge in [-0.25, -0.2) is 0 Å². The van der Waals surface area contributed by atoms with Crippen LogP contribution in [0, 0.1) is 23.2 Å². The van der Waals surface area contributed by atoms with E-state index in [2.05, 4.69) is 25.1 Å². The molecule has 0 aromatic heterocycles. The Balaban J connectivity index is 1.81. The van der Waals surface area contributed by atoms with E-state index in [4.69, 9.17) is 5.26 Å². The third-order valence-electron chi connectivity index (χ3n) is 3.91. The molecule has 0 bridgehead atoms. The molecule has 1 aromatic carbocycles. The van der Waals surface area contributed by atoms with Gasteiger partial charge >= 0.3 is 0 Å². The van der Waals surface area contributed by atoms with Crippen molar-refractivity contribution in [3.05, 3.63) is 47.5 Å². The zero-order valence-electron chi connectivity index (χ0n) is 11.1. The first-order valence-corrected chi connectivity index (χ1v) is 6.93. The highest BCUT2D eigenvalue weighted by atomic mass is 14.2. The van der Waals surface area contributed by atoms with Crippen molar-refractivity contribution in [1.29, 1.82) is 5.26 Å². The molecule has 0 N–H and O–H groups in total. The molecular weight excluding hydrogens is 218 g/mol. The van der Waals surface area contributed by atoms with E-state index in [0.717, 1.165) is 23.8 Å². The highest BCUT2D eigenvalue weighted by Gasteiger charge is 2.15. The molecule has 0 aliphatic heterocycles. The minimum absolute atomic E-state index is 0.740. The van der Waals surface area contributed by atoms with Gasteiger partial charge in [0.2, 0.25) is 0 Å². The Kier molecular flexibility index (Phi) is 4.59. The molecule has 2 rings (SSSR count). The molecule has 1 nitrogen and oxygen atoms in total. The maximum absolute atomic E-state index is 8.73. The van der Waals surface area contributed by atoms with Gasteiger partial charge in [0.05, 0.1) is 11.6 Å². The molecular formula is C17H21N. The first-order valence-electron chi connectivity index (χ1n) is 6.93. The molecule has 1 aliphatic carbocycles. The molecule has 0 amide bonds. The molecule has 94 valence electrons. The van der Waals surface area contributed by atoms with Crippen LogP contribution in [0.25, 0.3) is 0 Å². The zero-order valence-corrected chi connectivity index (χ0v) is 11.1. The monoisotopic (exact) mass is 239 g/mol. The van der Waals surface area contributed by atoms with E-state index in [-0.39, 0.29) is 0 Å². The largest absolute Gasteiger partial charge is 0.192 e. The summed E-state index contributed by atoms with van der Waals surface area (Å²) in [4.78, 5) is 0. The fraction of sp³-hybridized carbons (Fsp3) is 0.471. The molecule has 0 unspecified atom stereocenters. The van der Waals surface area contributed by atoms with Crippen LogP contribution in [0.2, 0.25) is 0 Å². The quantitative estimate of drug-likeness (QED) is 0.713. The third-order valence-corrected chi connectivity index (χ3v) is 3.91. The number of hydrogen-bond acceptors (Lipinski definition) is 1. The van der Waals surface area contributed by atoms with Gasteiger partial charge in [0.15, 0.2) is 0 Å². The molecule has 0 spiro atoms. The minimum Gasteiger partial charge on any atom is -0.192 e. The smallest absolute Gasteiger partial charge is 0.0991 e. The topological polar surface area (TPSA) is 23.8 Å². The summed E-state index contributed by atoms with van der Waals surface area (Å²) >= 11 is 0. The molecule has 0 heterocycles. The van der Waals surface area contributed by atoms with Gasteiger partial charge < -0.3 is 0 Å². The number of rotatable bonds is 3. The summed E-state index contributed by atoms with van der Waals surface area (Å²) in [7, 11) is 0. The highest BCUT2D eigenvalue weighted by molar-refractivity contribution is 5.32. The Morgan fingerprint density at radius 2 is 1.83 bits per heavy atom. The second-order valence-corrected chi connectivity index (χ2v) is 5.46. The van der Waals surface area contributed by atoms with E-state index in [9.17, 15) is 0 Å². The van der Waals surface area contributed by atoms with E-state index in [1.807, 2.05) is 24.3 Å². The molecule has 1 saturated carbocycles. The van der Waals surface area contributed by atoms with E-state index in [1.54, 1.807) is 0 Å². The van der Waals surface area contributed by atoms with Crippen molar-refractivity contribution in [3.8, 4) is 6.07 Å². The first-order chi connectivity index (χ1) is 8.78. The van der Waals surface area contributed by atoms with E-state index in [1.165, 1.54) is 31.2 Å². The Bertz CT molecular complexity index is 428. The van der Waals surface area contributed by atoms with Crippen molar-refractivity contribution in [3.63, 3.8) is 0 Å². The van der Waals surface area contributed by atoms with Crippen LogP contribution < -0.4 is 0 Å². The number of allylic oxidation sites excluding steroid dienone is 2. The van der Waals surface area contributed by atoms with Crippen LogP contribution >= 0.6 is 0 Å². The van der Waals surface area contributed by atoms with Crippen LogP contribution in [0.3, 0.4) is 0 Å². The second kappa shape index (κ2) is 6.40. The van der Waals surface area contributed by atoms with Gasteiger partial charge in [0.1, 0.15) is 0 Å². The van der Waals surface area contributed by atoms with Gasteiger partial charge in [0, 0.05) is 0 Å². The SMILES string of the molecule is CC1CCC(/C=C/Cc2ccc(C#N)cc2)CC1. The lowest BCUT2D eigenvalue weighted by molar-refractivity contribution is 0.330. The predicted molar refractivity (Wildman–Crippen MR) is 75.1 cm³/mol. The first kappa shape index (κ1) is 12.9. The van der Waals surface area contributed by atoms with Crippen LogP contribution in [0.1, 0.15) is 43.7 Å². The Labute approximate surface area is 110 Å². The third kappa shape index (κ3) is 3.74. The molecule has 0 atom stereocenters. The molecule has 1 aliphatic rings. The van der Waals surface area contributed by atoms with Gasteiger partial charge in [-0.2, -0.15) is 5.26 Å². The van der Waals surface area contributed by atoms with Gasteiger partial charge in [-0.05, 0) is 48.8 Å². The van der Waals surface area contributed by atoms with Crippen molar-refractivity contribution in [2.75, 3.05) is 0 Å². The molecule has 1 fully saturated rings. The minimum atomic E-state index is 0.740. The Hall–Kier alpha value is -1.55. The van der Waals surface area contributed by atoms with E-state index < -0.39 is 0 Å². The van der Waals surface area contributed by atoms with Crippen molar-refractivity contribution >= 4 is 0 Å². The lowest BCUT2D eigenvalue weighted by atomic mass is 9.83. The molecule has 0 radical (unpaired) electrons. The van der Waals surface area contributed by atoms with Crippen LogP contribution in [0.4, 0.5) is 0 Å². The summed E-state index contributed by atoms with van der Waals surface area (Å²) in [6, 6.07) is 10.0. The Morgan fingerprint density at radius 1 is 1.17 bits per heavy atom. The van der Waals surface area contributed by atoms with Crippen LogP contribution in [-0.2, 0) is 6.42 Å². The zero-order chi connectivity index (χ0) is 12.8. The number of hydrogen-bond donors (Lipinski definition) is 0. The van der Waals surface area contributed by atoms with Crippen LogP contribution in [-0.4, -0.2) is 0 Å². The fourth-order valence-corrected chi connectivity index (χ4v) is 2.59. The van der Waals surface area contributed by atoms with Crippen LogP contribution in [0.5, 0.6) is 0 Å². The highest BCUT2D eigenvalue weighted by Crippen LogP contribution is 2.29. The summed E-state index contributed by atoms with van der Waals surface area (Å²) < 4.78 is 0. The molecule has 0 saturated heterocycles. The summed E-state index contributed by atoms with van der Waals surface area (Å²) in [5.74, 6) is 1.72. The second-order valence-electron chi connectivity index (χ2n) is 5.46. The van der Waals surface area contributed by atoms with Gasteiger partial charge in [0.25, 0.3) is 0 Å². The predicted octanol–water partition coefficient (Wildman–Crippen LogP) is 4.48. The van der Waals surface area contributed by atoms with E-state index >= 15 is 0 Å². The van der Waals surface area contributed by atoms with Crippen molar-refractivity contribution < 1.29 is 0 Å². The van der Waals surface area contributed by atoms with Crippen molar-refractivity contribution in [1.82, 2.24) is 0 Å². The van der Waals surface area contributed by atoms with Gasteiger partial charge in [-0.15, -0.1) is 0 Å². The normalized spacial score (nSPS) is 24.0. The maximum atomic E-state index is 8.73. The van der Waals surface area contributed by atoms with Crippen molar-refractivity contribution in [2.24, 2.45) is 11.8 Å². The van der Waals surface area contributed by atoms with E-state index in [0.29, 0.717) is 0 Å². The molecule has 1 aromatic rings. The summed E-state index contributed by atoms with van der Waals surface area (Å²) in [5, 5.41) is 8.73. The van der Waals surface area contributed by atoms with Gasteiger partial charge in [-0.3, -0.25) is 0 Å². The molecule has 18 heavy (non-hydrogen) atoms.